The maximum atomic E-state index is 5.17. The van der Waals surface area contributed by atoms with E-state index in [2.05, 4.69) is 15.5 Å². The first-order valence-corrected chi connectivity index (χ1v) is 6.27. The predicted molar refractivity (Wildman–Crippen MR) is 81.6 cm³/mol. The van der Waals surface area contributed by atoms with E-state index < -0.39 is 0 Å². The molecular formula is C16H13N3O. The van der Waals surface area contributed by atoms with Crippen molar-refractivity contribution in [2.75, 3.05) is 5.43 Å². The number of hydrogen-bond acceptors (Lipinski definition) is 4. The molecule has 98 valence electrons. The summed E-state index contributed by atoms with van der Waals surface area (Å²) in [5.41, 5.74) is 3.84. The van der Waals surface area contributed by atoms with Crippen molar-refractivity contribution in [3.63, 3.8) is 0 Å². The molecule has 0 fully saturated rings. The van der Waals surface area contributed by atoms with Crippen LogP contribution in [-0.2, 0) is 0 Å². The van der Waals surface area contributed by atoms with Crippen LogP contribution in [0.4, 0.5) is 5.82 Å². The van der Waals surface area contributed by atoms with E-state index in [1.165, 1.54) is 0 Å². The van der Waals surface area contributed by atoms with Gasteiger partial charge < -0.3 is 4.42 Å². The average Bonchev–Trinajstić information content (AvgIpc) is 3.00. The number of hydrogen-bond donors (Lipinski definition) is 1. The molecule has 0 amide bonds. The lowest BCUT2D eigenvalue weighted by atomic mass is 10.2. The average molecular weight is 263 g/mol. The van der Waals surface area contributed by atoms with E-state index in [1.54, 1.807) is 18.6 Å². The molecular weight excluding hydrogens is 250 g/mol. The number of allylic oxidation sites excluding steroid dienone is 1. The standard InChI is InChI=1S/C16H13N3O/c1-2-8-15-13(5-1)9-10-16(18-15)19-17-11-3-6-14-7-4-12-20-14/h1-12H,(H,18,19). The number of pyridine rings is 1. The molecule has 4 heteroatoms. The second kappa shape index (κ2) is 5.84. The lowest BCUT2D eigenvalue weighted by Gasteiger charge is -2.00. The fourth-order valence-corrected chi connectivity index (χ4v) is 1.80. The van der Waals surface area contributed by atoms with Gasteiger partial charge in [-0.3, -0.25) is 5.43 Å². The van der Waals surface area contributed by atoms with Crippen LogP contribution in [-0.4, -0.2) is 11.2 Å². The van der Waals surface area contributed by atoms with Gasteiger partial charge in [0, 0.05) is 11.6 Å². The molecule has 20 heavy (non-hydrogen) atoms. The molecule has 2 heterocycles. The summed E-state index contributed by atoms with van der Waals surface area (Å²) >= 11 is 0. The normalized spacial score (nSPS) is 11.6. The summed E-state index contributed by atoms with van der Waals surface area (Å²) in [5.74, 6) is 1.51. The van der Waals surface area contributed by atoms with Gasteiger partial charge in [-0.15, -0.1) is 0 Å². The van der Waals surface area contributed by atoms with Crippen LogP contribution in [0.25, 0.3) is 17.0 Å². The van der Waals surface area contributed by atoms with E-state index in [-0.39, 0.29) is 0 Å². The number of furan rings is 1. The van der Waals surface area contributed by atoms with Gasteiger partial charge in [-0.25, -0.2) is 4.98 Å². The Morgan fingerprint density at radius 2 is 2.00 bits per heavy atom. The van der Waals surface area contributed by atoms with E-state index in [0.717, 1.165) is 16.7 Å². The molecule has 4 nitrogen and oxygen atoms in total. The van der Waals surface area contributed by atoms with Gasteiger partial charge in [0.2, 0.25) is 0 Å². The highest BCUT2D eigenvalue weighted by Crippen LogP contribution is 2.14. The molecule has 0 unspecified atom stereocenters. The van der Waals surface area contributed by atoms with E-state index in [0.29, 0.717) is 5.82 Å². The van der Waals surface area contributed by atoms with Crippen LogP contribution in [0.2, 0.25) is 0 Å². The Bertz CT molecular complexity index is 745. The summed E-state index contributed by atoms with van der Waals surface area (Å²) in [6.07, 6.45) is 6.92. The number of nitrogens with one attached hydrogen (secondary N) is 1. The quantitative estimate of drug-likeness (QED) is 0.573. The highest BCUT2D eigenvalue weighted by atomic mass is 16.3. The summed E-state index contributed by atoms with van der Waals surface area (Å²) in [7, 11) is 0. The smallest absolute Gasteiger partial charge is 0.146 e. The van der Waals surface area contributed by atoms with E-state index >= 15 is 0 Å². The first-order chi connectivity index (χ1) is 9.92. The van der Waals surface area contributed by atoms with Gasteiger partial charge >= 0.3 is 0 Å². The Kier molecular flexibility index (Phi) is 3.55. The minimum Gasteiger partial charge on any atom is -0.465 e. The minimum atomic E-state index is 0.714. The lowest BCUT2D eigenvalue weighted by Crippen LogP contribution is -1.92. The molecule has 0 aliphatic rings. The minimum absolute atomic E-state index is 0.714. The SMILES string of the molecule is C(=Cc1ccco1)C=NNc1ccc2ccccc2n1. The third kappa shape index (κ3) is 2.92. The highest BCUT2D eigenvalue weighted by molar-refractivity contribution is 5.81. The second-order valence-corrected chi connectivity index (χ2v) is 4.15. The van der Waals surface area contributed by atoms with Gasteiger partial charge in [0.15, 0.2) is 0 Å². The Labute approximate surface area is 116 Å². The monoisotopic (exact) mass is 263 g/mol. The zero-order valence-corrected chi connectivity index (χ0v) is 10.7. The van der Waals surface area contributed by atoms with Crippen LogP contribution in [0.1, 0.15) is 5.76 Å². The summed E-state index contributed by atoms with van der Waals surface area (Å²) in [6, 6.07) is 15.6. The van der Waals surface area contributed by atoms with Gasteiger partial charge in [0.25, 0.3) is 0 Å². The lowest BCUT2D eigenvalue weighted by molar-refractivity contribution is 0.557. The van der Waals surface area contributed by atoms with Gasteiger partial charge in [-0.2, -0.15) is 5.10 Å². The van der Waals surface area contributed by atoms with E-state index in [4.69, 9.17) is 4.42 Å². The zero-order chi connectivity index (χ0) is 13.6. The summed E-state index contributed by atoms with van der Waals surface area (Å²) in [5, 5.41) is 5.19. The number of hydrazone groups is 1. The Morgan fingerprint density at radius 1 is 1.05 bits per heavy atom. The first-order valence-electron chi connectivity index (χ1n) is 6.27. The van der Waals surface area contributed by atoms with Gasteiger partial charge in [-0.1, -0.05) is 18.2 Å². The summed E-state index contributed by atoms with van der Waals surface area (Å²) in [4.78, 5) is 4.46. The van der Waals surface area contributed by atoms with Crippen molar-refractivity contribution in [3.05, 3.63) is 66.6 Å². The van der Waals surface area contributed by atoms with Crippen LogP contribution in [0, 0.1) is 0 Å². The van der Waals surface area contributed by atoms with Crippen LogP contribution >= 0.6 is 0 Å². The van der Waals surface area contributed by atoms with Crippen LogP contribution in [0.5, 0.6) is 0 Å². The molecule has 1 aromatic carbocycles. The number of nitrogens with zero attached hydrogens (tertiary/aromatic N) is 2. The summed E-state index contributed by atoms with van der Waals surface area (Å²) < 4.78 is 5.17. The number of aromatic nitrogens is 1. The predicted octanol–water partition coefficient (Wildman–Crippen LogP) is 3.94. The molecule has 0 aliphatic carbocycles. The van der Waals surface area contributed by atoms with Crippen molar-refractivity contribution in [1.82, 2.24) is 4.98 Å². The maximum Gasteiger partial charge on any atom is 0.146 e. The zero-order valence-electron chi connectivity index (χ0n) is 10.7. The van der Waals surface area contributed by atoms with Crippen molar-refractivity contribution in [3.8, 4) is 0 Å². The fraction of sp³-hybridized carbons (Fsp3) is 0. The molecule has 0 saturated heterocycles. The maximum absolute atomic E-state index is 5.17. The van der Waals surface area contributed by atoms with Crippen molar-refractivity contribution in [1.29, 1.82) is 0 Å². The van der Waals surface area contributed by atoms with Crippen molar-refractivity contribution >= 4 is 29.0 Å². The van der Waals surface area contributed by atoms with Crippen molar-refractivity contribution in [2.24, 2.45) is 5.10 Å². The molecule has 3 rings (SSSR count). The van der Waals surface area contributed by atoms with Gasteiger partial charge in [0.05, 0.1) is 11.8 Å². The van der Waals surface area contributed by atoms with Crippen molar-refractivity contribution in [2.45, 2.75) is 0 Å². The molecule has 0 spiro atoms. The Hall–Kier alpha value is -2.88. The topological polar surface area (TPSA) is 50.4 Å². The third-order valence-corrected chi connectivity index (χ3v) is 2.74. The summed E-state index contributed by atoms with van der Waals surface area (Å²) in [6.45, 7) is 0. The van der Waals surface area contributed by atoms with E-state index in [1.807, 2.05) is 54.6 Å². The van der Waals surface area contributed by atoms with Gasteiger partial charge in [-0.05, 0) is 42.5 Å². The van der Waals surface area contributed by atoms with E-state index in [9.17, 15) is 0 Å². The van der Waals surface area contributed by atoms with Crippen LogP contribution in [0.15, 0.2) is 70.4 Å². The number of rotatable bonds is 4. The molecule has 0 aliphatic heterocycles. The highest BCUT2D eigenvalue weighted by Gasteiger charge is 1.95. The molecule has 0 bridgehead atoms. The number of anilines is 1. The Balaban J connectivity index is 1.64. The van der Waals surface area contributed by atoms with Crippen molar-refractivity contribution < 1.29 is 4.42 Å². The molecule has 0 atom stereocenters. The number of fused-ring (bicyclic) bond motifs is 1. The third-order valence-electron chi connectivity index (χ3n) is 2.74. The first kappa shape index (κ1) is 12.2. The number of benzene rings is 1. The number of para-hydroxylation sites is 1. The fourth-order valence-electron chi connectivity index (χ4n) is 1.80. The molecule has 3 aromatic rings. The van der Waals surface area contributed by atoms with Crippen LogP contribution in [0.3, 0.4) is 0 Å². The van der Waals surface area contributed by atoms with Crippen LogP contribution < -0.4 is 5.43 Å². The second-order valence-electron chi connectivity index (χ2n) is 4.15. The molecule has 0 radical (unpaired) electrons. The Morgan fingerprint density at radius 3 is 2.90 bits per heavy atom. The molecule has 0 saturated carbocycles. The molecule has 2 aromatic heterocycles. The molecule has 1 N–H and O–H groups in total. The largest absolute Gasteiger partial charge is 0.465 e. The van der Waals surface area contributed by atoms with Gasteiger partial charge in [0.1, 0.15) is 11.6 Å².